The summed E-state index contributed by atoms with van der Waals surface area (Å²) in [5, 5.41) is 12.9. The Bertz CT molecular complexity index is 427. The van der Waals surface area contributed by atoms with Crippen LogP contribution >= 0.6 is 0 Å². The van der Waals surface area contributed by atoms with Crippen molar-refractivity contribution in [2.24, 2.45) is 5.92 Å². The Hall–Kier alpha value is -1.37. The molecular weight excluding hydrogens is 284 g/mol. The van der Waals surface area contributed by atoms with E-state index in [1.54, 1.807) is 6.26 Å². The molecule has 2 rings (SSSR count). The molecule has 0 aliphatic carbocycles. The van der Waals surface area contributed by atoms with E-state index in [9.17, 15) is 9.90 Å². The molecule has 1 aromatic heterocycles. The van der Waals surface area contributed by atoms with Gasteiger partial charge in [-0.2, -0.15) is 0 Å². The zero-order valence-corrected chi connectivity index (χ0v) is 13.2. The fourth-order valence-electron chi connectivity index (χ4n) is 2.74. The first-order valence-electron chi connectivity index (χ1n) is 7.97. The lowest BCUT2D eigenvalue weighted by molar-refractivity contribution is -0.126. The van der Waals surface area contributed by atoms with Gasteiger partial charge in [-0.15, -0.1) is 0 Å². The molecule has 1 amide bonds. The van der Waals surface area contributed by atoms with Gasteiger partial charge in [0, 0.05) is 19.0 Å². The molecule has 0 spiro atoms. The van der Waals surface area contributed by atoms with Crippen LogP contribution in [0.15, 0.2) is 22.8 Å². The lowest BCUT2D eigenvalue weighted by Crippen LogP contribution is -2.43. The number of amides is 1. The van der Waals surface area contributed by atoms with Crippen LogP contribution in [0.5, 0.6) is 0 Å². The maximum Gasteiger partial charge on any atom is 0.223 e. The highest BCUT2D eigenvalue weighted by atomic mass is 16.5. The number of ether oxygens (including phenoxy) is 1. The first-order valence-corrected chi connectivity index (χ1v) is 7.97. The van der Waals surface area contributed by atoms with Crippen molar-refractivity contribution in [2.75, 3.05) is 32.8 Å². The predicted octanol–water partition coefficient (Wildman–Crippen LogP) is 1.01. The van der Waals surface area contributed by atoms with Gasteiger partial charge in [-0.05, 0) is 45.0 Å². The van der Waals surface area contributed by atoms with E-state index in [4.69, 9.17) is 9.15 Å². The van der Waals surface area contributed by atoms with E-state index in [2.05, 4.69) is 10.2 Å². The normalized spacial score (nSPS) is 18.3. The highest BCUT2D eigenvalue weighted by Gasteiger charge is 2.25. The molecule has 0 bridgehead atoms. The minimum absolute atomic E-state index is 0.114. The van der Waals surface area contributed by atoms with Crippen molar-refractivity contribution in [3.63, 3.8) is 0 Å². The second-order valence-electron chi connectivity index (χ2n) is 5.72. The number of piperidine rings is 1. The second kappa shape index (κ2) is 8.92. The van der Waals surface area contributed by atoms with Gasteiger partial charge in [0.1, 0.15) is 12.4 Å². The molecule has 6 nitrogen and oxygen atoms in total. The van der Waals surface area contributed by atoms with Crippen molar-refractivity contribution in [3.8, 4) is 0 Å². The summed E-state index contributed by atoms with van der Waals surface area (Å²) >= 11 is 0. The Balaban J connectivity index is 1.60. The Kier molecular flexibility index (Phi) is 6.89. The molecule has 1 aliphatic rings. The van der Waals surface area contributed by atoms with Gasteiger partial charge >= 0.3 is 0 Å². The maximum atomic E-state index is 11.8. The molecule has 0 saturated carbocycles. The highest BCUT2D eigenvalue weighted by Crippen LogP contribution is 2.17. The van der Waals surface area contributed by atoms with Crippen molar-refractivity contribution in [2.45, 2.75) is 32.5 Å². The van der Waals surface area contributed by atoms with E-state index in [0.29, 0.717) is 19.7 Å². The number of β-amino-alcohol motifs (C(OH)–C–C–N with tert-alkyl or cyclic N) is 1. The van der Waals surface area contributed by atoms with E-state index in [-0.39, 0.29) is 18.4 Å². The van der Waals surface area contributed by atoms with Crippen molar-refractivity contribution >= 4 is 5.91 Å². The molecular formula is C16H26N2O4. The van der Waals surface area contributed by atoms with Crippen LogP contribution in [-0.4, -0.2) is 54.8 Å². The van der Waals surface area contributed by atoms with Crippen LogP contribution < -0.4 is 5.32 Å². The monoisotopic (exact) mass is 310 g/mol. The summed E-state index contributed by atoms with van der Waals surface area (Å²) in [6.45, 7) is 5.56. The summed E-state index contributed by atoms with van der Waals surface area (Å²) in [6.07, 6.45) is 2.79. The van der Waals surface area contributed by atoms with Gasteiger partial charge in [0.25, 0.3) is 0 Å². The summed E-state index contributed by atoms with van der Waals surface area (Å²) in [7, 11) is 0. The number of nitrogens with one attached hydrogen (secondary N) is 1. The molecule has 1 atom stereocenters. The largest absolute Gasteiger partial charge is 0.467 e. The number of rotatable bonds is 8. The highest BCUT2D eigenvalue weighted by molar-refractivity contribution is 5.78. The molecule has 0 radical (unpaired) electrons. The zero-order chi connectivity index (χ0) is 15.8. The molecule has 2 N–H and O–H groups in total. The third kappa shape index (κ3) is 5.44. The number of furan rings is 1. The summed E-state index contributed by atoms with van der Waals surface area (Å²) < 4.78 is 10.6. The molecule has 1 aliphatic heterocycles. The van der Waals surface area contributed by atoms with Crippen LogP contribution in [0.1, 0.15) is 25.5 Å². The number of carbonyl (C=O) groups excluding carboxylic acids is 1. The van der Waals surface area contributed by atoms with Gasteiger partial charge in [0.15, 0.2) is 0 Å². The molecule has 0 aromatic carbocycles. The van der Waals surface area contributed by atoms with E-state index in [1.807, 2.05) is 19.1 Å². The molecule has 1 saturated heterocycles. The Labute approximate surface area is 131 Å². The Morgan fingerprint density at radius 1 is 1.55 bits per heavy atom. The van der Waals surface area contributed by atoms with E-state index in [1.165, 1.54) is 0 Å². The topological polar surface area (TPSA) is 74.9 Å². The Morgan fingerprint density at radius 2 is 2.32 bits per heavy atom. The minimum Gasteiger partial charge on any atom is -0.467 e. The SMILES string of the molecule is CCNC(=O)C1CCN(CC(O)COCc2ccco2)CC1. The third-order valence-corrected chi connectivity index (χ3v) is 3.91. The number of hydrogen-bond acceptors (Lipinski definition) is 5. The first-order chi connectivity index (χ1) is 10.7. The first kappa shape index (κ1) is 17.0. The Morgan fingerprint density at radius 3 is 2.95 bits per heavy atom. The average Bonchev–Trinajstić information content (AvgIpc) is 3.01. The summed E-state index contributed by atoms with van der Waals surface area (Å²) in [5.74, 6) is 1.03. The van der Waals surface area contributed by atoms with Crippen LogP contribution in [0, 0.1) is 5.92 Å². The third-order valence-electron chi connectivity index (χ3n) is 3.91. The van der Waals surface area contributed by atoms with E-state index < -0.39 is 6.10 Å². The fourth-order valence-corrected chi connectivity index (χ4v) is 2.74. The minimum atomic E-state index is -0.518. The number of hydrogen-bond donors (Lipinski definition) is 2. The van der Waals surface area contributed by atoms with Gasteiger partial charge in [-0.1, -0.05) is 0 Å². The van der Waals surface area contributed by atoms with E-state index in [0.717, 1.165) is 31.7 Å². The van der Waals surface area contributed by atoms with Gasteiger partial charge in [-0.25, -0.2) is 0 Å². The van der Waals surface area contributed by atoms with Gasteiger partial charge < -0.3 is 24.5 Å². The lowest BCUT2D eigenvalue weighted by atomic mass is 9.96. The van der Waals surface area contributed by atoms with Crippen LogP contribution in [0.4, 0.5) is 0 Å². The fraction of sp³-hybridized carbons (Fsp3) is 0.688. The molecule has 124 valence electrons. The maximum absolute atomic E-state index is 11.8. The number of nitrogens with zero attached hydrogens (tertiary/aromatic N) is 1. The van der Waals surface area contributed by atoms with Crippen LogP contribution in [0.25, 0.3) is 0 Å². The van der Waals surface area contributed by atoms with Gasteiger partial charge in [0.05, 0.1) is 19.0 Å². The smallest absolute Gasteiger partial charge is 0.223 e. The number of likely N-dealkylation sites (tertiary alicyclic amines) is 1. The number of aliphatic hydroxyl groups excluding tert-OH is 1. The van der Waals surface area contributed by atoms with Crippen LogP contribution in [-0.2, 0) is 16.1 Å². The molecule has 1 aromatic rings. The molecule has 1 fully saturated rings. The second-order valence-corrected chi connectivity index (χ2v) is 5.72. The van der Waals surface area contributed by atoms with Crippen LogP contribution in [0.2, 0.25) is 0 Å². The molecule has 22 heavy (non-hydrogen) atoms. The summed E-state index contributed by atoms with van der Waals surface area (Å²) in [4.78, 5) is 14.0. The summed E-state index contributed by atoms with van der Waals surface area (Å²) in [6, 6.07) is 3.66. The van der Waals surface area contributed by atoms with Crippen molar-refractivity contribution in [1.29, 1.82) is 0 Å². The van der Waals surface area contributed by atoms with Gasteiger partial charge in [0.2, 0.25) is 5.91 Å². The lowest BCUT2D eigenvalue weighted by Gasteiger charge is -2.32. The van der Waals surface area contributed by atoms with Crippen molar-refractivity contribution in [1.82, 2.24) is 10.2 Å². The quantitative estimate of drug-likeness (QED) is 0.749. The number of carbonyl (C=O) groups is 1. The molecule has 6 heteroatoms. The predicted molar refractivity (Wildman–Crippen MR) is 82.2 cm³/mol. The standard InChI is InChI=1S/C16H26N2O4/c1-2-17-16(20)13-5-7-18(8-6-13)10-14(19)11-21-12-15-4-3-9-22-15/h3-4,9,13-14,19H,2,5-8,10-12H2,1H3,(H,17,20). The van der Waals surface area contributed by atoms with E-state index >= 15 is 0 Å². The molecule has 1 unspecified atom stereocenters. The van der Waals surface area contributed by atoms with Crippen molar-refractivity contribution in [3.05, 3.63) is 24.2 Å². The summed E-state index contributed by atoms with van der Waals surface area (Å²) in [5.41, 5.74) is 0. The zero-order valence-electron chi connectivity index (χ0n) is 13.2. The van der Waals surface area contributed by atoms with Crippen molar-refractivity contribution < 1.29 is 19.1 Å². The van der Waals surface area contributed by atoms with Gasteiger partial charge in [-0.3, -0.25) is 4.79 Å². The molecule has 2 heterocycles. The average molecular weight is 310 g/mol. The number of aliphatic hydroxyl groups is 1. The van der Waals surface area contributed by atoms with Crippen LogP contribution in [0.3, 0.4) is 0 Å².